The van der Waals surface area contributed by atoms with Gasteiger partial charge in [-0.25, -0.2) is 9.50 Å². The number of thioether (sulfide) groups is 1. The van der Waals surface area contributed by atoms with E-state index in [4.69, 9.17) is 0 Å². The number of hydrogen-bond acceptors (Lipinski definition) is 5. The minimum Gasteiger partial charge on any atom is -0.335 e. The first-order chi connectivity index (χ1) is 12.6. The van der Waals surface area contributed by atoms with Crippen LogP contribution in [0.4, 0.5) is 0 Å². The Morgan fingerprint density at radius 1 is 1.15 bits per heavy atom. The number of carbonyl (C=O) groups excluding carboxylic acids is 1. The third-order valence-electron chi connectivity index (χ3n) is 4.61. The van der Waals surface area contributed by atoms with Crippen molar-refractivity contribution < 1.29 is 4.79 Å². The molecule has 0 spiro atoms. The van der Waals surface area contributed by atoms with E-state index in [1.807, 2.05) is 42.6 Å². The predicted molar refractivity (Wildman–Crippen MR) is 102 cm³/mol. The number of hydrogen-bond donors (Lipinski definition) is 0. The fraction of sp³-hybridized carbons (Fsp3) is 0.368. The largest absolute Gasteiger partial charge is 0.335 e. The van der Waals surface area contributed by atoms with Crippen LogP contribution >= 0.6 is 11.8 Å². The minimum absolute atomic E-state index is 0.109. The summed E-state index contributed by atoms with van der Waals surface area (Å²) in [6.07, 6.45) is 0.935. The summed E-state index contributed by atoms with van der Waals surface area (Å²) < 4.78 is 1.64. The molecule has 1 amide bonds. The van der Waals surface area contributed by atoms with Gasteiger partial charge in [-0.2, -0.15) is 16.7 Å². The molecule has 3 aromatic rings. The SMILES string of the molecule is Cc1cc(C)n2nc(C(=O)N3CCSC(c4ccccc4)CC3)nc2n1. The number of amides is 1. The number of rotatable bonds is 2. The number of fused-ring (bicyclic) bond motifs is 1. The van der Waals surface area contributed by atoms with Crippen molar-refractivity contribution in [1.82, 2.24) is 24.5 Å². The summed E-state index contributed by atoms with van der Waals surface area (Å²) in [6, 6.07) is 12.4. The first-order valence-electron chi connectivity index (χ1n) is 8.78. The summed E-state index contributed by atoms with van der Waals surface area (Å²) >= 11 is 1.91. The Hall–Kier alpha value is -2.41. The summed E-state index contributed by atoms with van der Waals surface area (Å²) in [5, 5.41) is 4.81. The molecule has 0 bridgehead atoms. The van der Waals surface area contributed by atoms with Crippen LogP contribution in [0.5, 0.6) is 0 Å². The zero-order valence-corrected chi connectivity index (χ0v) is 15.7. The molecule has 26 heavy (non-hydrogen) atoms. The van der Waals surface area contributed by atoms with Gasteiger partial charge in [-0.05, 0) is 31.9 Å². The Balaban J connectivity index is 1.53. The molecule has 1 unspecified atom stereocenters. The molecule has 1 aliphatic heterocycles. The van der Waals surface area contributed by atoms with Gasteiger partial charge in [0.05, 0.1) is 0 Å². The third-order valence-corrected chi connectivity index (χ3v) is 5.94. The lowest BCUT2D eigenvalue weighted by atomic mass is 10.1. The van der Waals surface area contributed by atoms with E-state index in [1.54, 1.807) is 4.52 Å². The quantitative estimate of drug-likeness (QED) is 0.697. The predicted octanol–water partition coefficient (Wildman–Crippen LogP) is 3.06. The molecule has 3 heterocycles. The number of aromatic nitrogens is 4. The normalized spacial score (nSPS) is 18.1. The Labute approximate surface area is 156 Å². The van der Waals surface area contributed by atoms with Crippen molar-refractivity contribution in [2.75, 3.05) is 18.8 Å². The van der Waals surface area contributed by atoms with Crippen molar-refractivity contribution in [2.24, 2.45) is 0 Å². The molecule has 7 heteroatoms. The first kappa shape index (κ1) is 17.0. The lowest BCUT2D eigenvalue weighted by Gasteiger charge is -2.18. The van der Waals surface area contributed by atoms with Gasteiger partial charge in [-0.1, -0.05) is 30.3 Å². The molecule has 6 nitrogen and oxygen atoms in total. The maximum atomic E-state index is 12.9. The average Bonchev–Trinajstić information content (AvgIpc) is 2.92. The molecule has 1 fully saturated rings. The third kappa shape index (κ3) is 3.31. The van der Waals surface area contributed by atoms with E-state index in [2.05, 4.69) is 39.3 Å². The lowest BCUT2D eigenvalue weighted by molar-refractivity contribution is 0.0754. The van der Waals surface area contributed by atoms with E-state index in [0.29, 0.717) is 24.1 Å². The van der Waals surface area contributed by atoms with E-state index in [9.17, 15) is 4.79 Å². The average molecular weight is 367 g/mol. The van der Waals surface area contributed by atoms with Crippen LogP contribution in [0, 0.1) is 13.8 Å². The van der Waals surface area contributed by atoms with Crippen LogP contribution in [0.25, 0.3) is 5.78 Å². The van der Waals surface area contributed by atoms with Gasteiger partial charge in [0.2, 0.25) is 5.82 Å². The molecule has 0 N–H and O–H groups in total. The van der Waals surface area contributed by atoms with Crippen LogP contribution in [-0.2, 0) is 0 Å². The number of aryl methyl sites for hydroxylation is 2. The fourth-order valence-corrected chi connectivity index (χ4v) is 4.54. The highest BCUT2D eigenvalue weighted by molar-refractivity contribution is 7.99. The van der Waals surface area contributed by atoms with Gasteiger partial charge in [-0.3, -0.25) is 4.79 Å². The van der Waals surface area contributed by atoms with Crippen LogP contribution < -0.4 is 0 Å². The van der Waals surface area contributed by atoms with Crippen LogP contribution in [0.15, 0.2) is 36.4 Å². The van der Waals surface area contributed by atoms with E-state index in [1.165, 1.54) is 5.56 Å². The summed E-state index contributed by atoms with van der Waals surface area (Å²) in [5.74, 6) is 1.52. The standard InChI is InChI=1S/C19H21N5OS/c1-13-12-14(2)24-19(20-13)21-17(22-24)18(25)23-9-8-16(26-11-10-23)15-6-4-3-5-7-15/h3-7,12,16H,8-11H2,1-2H3. The summed E-state index contributed by atoms with van der Waals surface area (Å²) in [7, 11) is 0. The van der Waals surface area contributed by atoms with Gasteiger partial charge in [0, 0.05) is 35.5 Å². The Kier molecular flexibility index (Phi) is 4.63. The Bertz CT molecular complexity index is 940. The highest BCUT2D eigenvalue weighted by atomic mass is 32.2. The maximum absolute atomic E-state index is 12.9. The van der Waals surface area contributed by atoms with Gasteiger partial charge in [0.25, 0.3) is 11.7 Å². The summed E-state index contributed by atoms with van der Waals surface area (Å²) in [5.41, 5.74) is 3.13. The van der Waals surface area contributed by atoms with Crippen LogP contribution in [0.1, 0.15) is 39.2 Å². The van der Waals surface area contributed by atoms with E-state index in [-0.39, 0.29) is 11.7 Å². The maximum Gasteiger partial charge on any atom is 0.293 e. The van der Waals surface area contributed by atoms with Crippen LogP contribution in [0.2, 0.25) is 0 Å². The Morgan fingerprint density at radius 2 is 1.96 bits per heavy atom. The van der Waals surface area contributed by atoms with E-state index >= 15 is 0 Å². The monoisotopic (exact) mass is 367 g/mol. The molecular weight excluding hydrogens is 346 g/mol. The van der Waals surface area contributed by atoms with Gasteiger partial charge in [0.1, 0.15) is 0 Å². The minimum atomic E-state index is -0.109. The fourth-order valence-electron chi connectivity index (χ4n) is 3.31. The highest BCUT2D eigenvalue weighted by Gasteiger charge is 2.25. The second-order valence-electron chi connectivity index (χ2n) is 6.54. The number of benzene rings is 1. The molecule has 1 saturated heterocycles. The molecule has 0 aliphatic carbocycles. The summed E-state index contributed by atoms with van der Waals surface area (Å²) in [6.45, 7) is 5.29. The van der Waals surface area contributed by atoms with Gasteiger partial charge in [0.15, 0.2) is 0 Å². The molecule has 1 atom stereocenters. The smallest absolute Gasteiger partial charge is 0.293 e. The van der Waals surface area contributed by atoms with Gasteiger partial charge < -0.3 is 4.90 Å². The second kappa shape index (κ2) is 7.07. The molecular formula is C19H21N5OS. The molecule has 4 rings (SSSR count). The van der Waals surface area contributed by atoms with Crippen molar-refractivity contribution in [3.05, 3.63) is 59.2 Å². The second-order valence-corrected chi connectivity index (χ2v) is 7.85. The molecule has 0 saturated carbocycles. The molecule has 2 aromatic heterocycles. The zero-order valence-electron chi connectivity index (χ0n) is 14.9. The lowest BCUT2D eigenvalue weighted by Crippen LogP contribution is -2.33. The molecule has 0 radical (unpaired) electrons. The van der Waals surface area contributed by atoms with Crippen molar-refractivity contribution in [2.45, 2.75) is 25.5 Å². The van der Waals surface area contributed by atoms with E-state index < -0.39 is 0 Å². The van der Waals surface area contributed by atoms with Gasteiger partial charge >= 0.3 is 0 Å². The number of carbonyl (C=O) groups is 1. The van der Waals surface area contributed by atoms with Crippen LogP contribution in [-0.4, -0.2) is 49.2 Å². The van der Waals surface area contributed by atoms with Crippen molar-refractivity contribution in [3.8, 4) is 0 Å². The Morgan fingerprint density at radius 3 is 2.77 bits per heavy atom. The molecule has 1 aliphatic rings. The molecule has 1 aromatic carbocycles. The summed E-state index contributed by atoms with van der Waals surface area (Å²) in [4.78, 5) is 23.5. The topological polar surface area (TPSA) is 63.4 Å². The van der Waals surface area contributed by atoms with Gasteiger partial charge in [-0.15, -0.1) is 5.10 Å². The van der Waals surface area contributed by atoms with E-state index in [0.717, 1.165) is 23.6 Å². The van der Waals surface area contributed by atoms with Crippen molar-refractivity contribution in [1.29, 1.82) is 0 Å². The molecule has 134 valence electrons. The van der Waals surface area contributed by atoms with Crippen molar-refractivity contribution >= 4 is 23.4 Å². The highest BCUT2D eigenvalue weighted by Crippen LogP contribution is 2.34. The van der Waals surface area contributed by atoms with Crippen molar-refractivity contribution in [3.63, 3.8) is 0 Å². The zero-order chi connectivity index (χ0) is 18.1. The number of nitrogens with zero attached hydrogens (tertiary/aromatic N) is 5. The van der Waals surface area contributed by atoms with Crippen LogP contribution in [0.3, 0.4) is 0 Å². The first-order valence-corrected chi connectivity index (χ1v) is 9.83.